The SMILES string of the molecule is CC(O)C(C)(C)NCCSc1ccccc1. The van der Waals surface area contributed by atoms with E-state index in [0.717, 1.165) is 12.3 Å². The van der Waals surface area contributed by atoms with Crippen molar-refractivity contribution in [3.63, 3.8) is 0 Å². The van der Waals surface area contributed by atoms with E-state index in [0.29, 0.717) is 0 Å². The van der Waals surface area contributed by atoms with Gasteiger partial charge in [-0.1, -0.05) is 18.2 Å². The second-order valence-corrected chi connectivity index (χ2v) is 5.65. The molecule has 1 aromatic rings. The molecule has 3 heteroatoms. The van der Waals surface area contributed by atoms with E-state index in [1.54, 1.807) is 0 Å². The first kappa shape index (κ1) is 13.6. The second-order valence-electron chi connectivity index (χ2n) is 4.49. The Bertz CT molecular complexity index is 298. The summed E-state index contributed by atoms with van der Waals surface area (Å²) < 4.78 is 0. The minimum absolute atomic E-state index is 0.211. The third kappa shape index (κ3) is 4.56. The lowest BCUT2D eigenvalue weighted by Crippen LogP contribution is -2.48. The van der Waals surface area contributed by atoms with Gasteiger partial charge in [-0.3, -0.25) is 0 Å². The summed E-state index contributed by atoms with van der Waals surface area (Å²) in [4.78, 5) is 1.29. The van der Waals surface area contributed by atoms with Gasteiger partial charge in [0.1, 0.15) is 0 Å². The van der Waals surface area contributed by atoms with E-state index in [9.17, 15) is 5.11 Å². The first-order valence-corrected chi connectivity index (χ1v) is 6.62. The maximum absolute atomic E-state index is 9.53. The Morgan fingerprint density at radius 1 is 1.31 bits per heavy atom. The molecule has 1 unspecified atom stereocenters. The normalized spacial score (nSPS) is 13.8. The summed E-state index contributed by atoms with van der Waals surface area (Å²) in [5, 5.41) is 12.9. The molecule has 1 aromatic carbocycles. The number of thioether (sulfide) groups is 1. The maximum atomic E-state index is 9.53. The van der Waals surface area contributed by atoms with Crippen molar-refractivity contribution in [3.05, 3.63) is 30.3 Å². The summed E-state index contributed by atoms with van der Waals surface area (Å²) in [6.45, 7) is 6.75. The molecule has 2 nitrogen and oxygen atoms in total. The highest BCUT2D eigenvalue weighted by Crippen LogP contribution is 2.16. The number of hydrogen-bond acceptors (Lipinski definition) is 3. The number of aliphatic hydroxyl groups is 1. The molecule has 0 saturated heterocycles. The fourth-order valence-electron chi connectivity index (χ4n) is 1.21. The van der Waals surface area contributed by atoms with Crippen LogP contribution in [0.5, 0.6) is 0 Å². The third-order valence-corrected chi connectivity index (χ3v) is 3.75. The molecule has 0 aliphatic heterocycles. The van der Waals surface area contributed by atoms with E-state index in [-0.39, 0.29) is 11.6 Å². The minimum Gasteiger partial charge on any atom is -0.392 e. The summed E-state index contributed by atoms with van der Waals surface area (Å²) in [6, 6.07) is 10.4. The molecule has 0 heterocycles. The second kappa shape index (κ2) is 6.28. The Morgan fingerprint density at radius 2 is 1.94 bits per heavy atom. The maximum Gasteiger partial charge on any atom is 0.0688 e. The molecule has 1 atom stereocenters. The van der Waals surface area contributed by atoms with E-state index >= 15 is 0 Å². The van der Waals surface area contributed by atoms with Gasteiger partial charge in [0, 0.05) is 22.7 Å². The van der Waals surface area contributed by atoms with Gasteiger partial charge in [-0.05, 0) is 32.9 Å². The van der Waals surface area contributed by atoms with Crippen LogP contribution in [0, 0.1) is 0 Å². The van der Waals surface area contributed by atoms with Crippen molar-refractivity contribution in [2.24, 2.45) is 0 Å². The molecular formula is C13H21NOS. The zero-order valence-corrected chi connectivity index (χ0v) is 11.1. The first-order valence-electron chi connectivity index (χ1n) is 5.63. The number of nitrogens with one attached hydrogen (secondary N) is 1. The molecule has 0 bridgehead atoms. The lowest BCUT2D eigenvalue weighted by Gasteiger charge is -2.29. The lowest BCUT2D eigenvalue weighted by atomic mass is 9.99. The molecule has 0 fully saturated rings. The van der Waals surface area contributed by atoms with Crippen LogP contribution in [0.4, 0.5) is 0 Å². The molecule has 1 rings (SSSR count). The van der Waals surface area contributed by atoms with Crippen LogP contribution >= 0.6 is 11.8 Å². The van der Waals surface area contributed by atoms with Crippen LogP contribution < -0.4 is 5.32 Å². The summed E-state index contributed by atoms with van der Waals surface area (Å²) >= 11 is 1.83. The van der Waals surface area contributed by atoms with E-state index in [2.05, 4.69) is 29.6 Å². The fourth-order valence-corrected chi connectivity index (χ4v) is 2.00. The molecule has 0 amide bonds. The van der Waals surface area contributed by atoms with Gasteiger partial charge >= 0.3 is 0 Å². The van der Waals surface area contributed by atoms with Gasteiger partial charge in [-0.25, -0.2) is 0 Å². The average Bonchev–Trinajstić information content (AvgIpc) is 2.26. The predicted molar refractivity (Wildman–Crippen MR) is 70.9 cm³/mol. The van der Waals surface area contributed by atoms with Gasteiger partial charge in [-0.15, -0.1) is 11.8 Å². The number of hydrogen-bond donors (Lipinski definition) is 2. The predicted octanol–water partition coefficient (Wildman–Crippen LogP) is 2.53. The van der Waals surface area contributed by atoms with Crippen molar-refractivity contribution in [2.45, 2.75) is 37.3 Å². The standard InChI is InChI=1S/C13H21NOS/c1-11(15)13(2,3)14-9-10-16-12-7-5-4-6-8-12/h4-8,11,14-15H,9-10H2,1-3H3. The van der Waals surface area contributed by atoms with Gasteiger partial charge < -0.3 is 10.4 Å². The zero-order valence-electron chi connectivity index (χ0n) is 10.2. The minimum atomic E-state index is -0.339. The van der Waals surface area contributed by atoms with Gasteiger partial charge in [0.2, 0.25) is 0 Å². The highest BCUT2D eigenvalue weighted by atomic mass is 32.2. The van der Waals surface area contributed by atoms with Crippen molar-refractivity contribution in [2.75, 3.05) is 12.3 Å². The van der Waals surface area contributed by atoms with Crippen LogP contribution in [0.3, 0.4) is 0 Å². The number of aliphatic hydroxyl groups excluding tert-OH is 1. The fraction of sp³-hybridized carbons (Fsp3) is 0.538. The molecule has 0 saturated carbocycles. The largest absolute Gasteiger partial charge is 0.392 e. The highest BCUT2D eigenvalue weighted by molar-refractivity contribution is 7.99. The van der Waals surface area contributed by atoms with Crippen molar-refractivity contribution in [1.29, 1.82) is 0 Å². The summed E-state index contributed by atoms with van der Waals surface area (Å²) in [5.41, 5.74) is -0.211. The monoisotopic (exact) mass is 239 g/mol. The lowest BCUT2D eigenvalue weighted by molar-refractivity contribution is 0.0984. The van der Waals surface area contributed by atoms with Crippen LogP contribution in [-0.4, -0.2) is 29.0 Å². The van der Waals surface area contributed by atoms with Crippen LogP contribution in [0.15, 0.2) is 35.2 Å². The molecule has 90 valence electrons. The quantitative estimate of drug-likeness (QED) is 0.591. The van der Waals surface area contributed by atoms with Crippen molar-refractivity contribution in [3.8, 4) is 0 Å². The third-order valence-electron chi connectivity index (χ3n) is 2.74. The molecule has 0 aliphatic rings. The highest BCUT2D eigenvalue weighted by Gasteiger charge is 2.22. The molecule has 0 radical (unpaired) electrons. The Hall–Kier alpha value is -0.510. The first-order chi connectivity index (χ1) is 7.52. The zero-order chi connectivity index (χ0) is 12.0. The van der Waals surface area contributed by atoms with Crippen LogP contribution in [0.2, 0.25) is 0 Å². The van der Waals surface area contributed by atoms with Crippen LogP contribution in [-0.2, 0) is 0 Å². The average molecular weight is 239 g/mol. The smallest absolute Gasteiger partial charge is 0.0688 e. The van der Waals surface area contributed by atoms with Gasteiger partial charge in [0.25, 0.3) is 0 Å². The number of rotatable bonds is 6. The number of benzene rings is 1. The molecule has 2 N–H and O–H groups in total. The van der Waals surface area contributed by atoms with Gasteiger partial charge in [0.05, 0.1) is 6.10 Å². The van der Waals surface area contributed by atoms with Gasteiger partial charge in [0.15, 0.2) is 0 Å². The molecule has 0 spiro atoms. The molecule has 0 aromatic heterocycles. The van der Waals surface area contributed by atoms with E-state index < -0.39 is 0 Å². The Balaban J connectivity index is 2.22. The summed E-state index contributed by atoms with van der Waals surface area (Å²) in [5.74, 6) is 1.01. The van der Waals surface area contributed by atoms with E-state index in [4.69, 9.17) is 0 Å². The summed E-state index contributed by atoms with van der Waals surface area (Å²) in [6.07, 6.45) is -0.339. The van der Waals surface area contributed by atoms with Gasteiger partial charge in [-0.2, -0.15) is 0 Å². The van der Waals surface area contributed by atoms with Crippen LogP contribution in [0.25, 0.3) is 0 Å². The van der Waals surface area contributed by atoms with Crippen LogP contribution in [0.1, 0.15) is 20.8 Å². The molecule has 0 aliphatic carbocycles. The molecular weight excluding hydrogens is 218 g/mol. The Labute approximate surface area is 102 Å². The topological polar surface area (TPSA) is 32.3 Å². The Kier molecular flexibility index (Phi) is 5.32. The van der Waals surface area contributed by atoms with E-state index in [1.165, 1.54) is 4.90 Å². The van der Waals surface area contributed by atoms with Crippen molar-refractivity contribution < 1.29 is 5.11 Å². The summed E-state index contributed by atoms with van der Waals surface area (Å²) in [7, 11) is 0. The van der Waals surface area contributed by atoms with E-state index in [1.807, 2.05) is 38.6 Å². The Morgan fingerprint density at radius 3 is 2.50 bits per heavy atom. The molecule has 16 heavy (non-hydrogen) atoms. The van der Waals surface area contributed by atoms with Crippen molar-refractivity contribution in [1.82, 2.24) is 5.32 Å². The van der Waals surface area contributed by atoms with Crippen molar-refractivity contribution >= 4 is 11.8 Å².